The smallest absolute Gasteiger partial charge is 0.165 e. The molecular formula is C18H24N2O4S. The first-order valence-corrected chi connectivity index (χ1v) is 10.1. The number of sulfone groups is 1. The second-order valence-corrected chi connectivity index (χ2v) is 9.83. The van der Waals surface area contributed by atoms with Crippen molar-refractivity contribution >= 4 is 21.5 Å². The number of Topliss-reactive ketones (excluding diaryl/α,β-unsaturated/α-hetero) is 1. The first-order chi connectivity index (χ1) is 11.6. The van der Waals surface area contributed by atoms with Crippen molar-refractivity contribution in [2.75, 3.05) is 12.4 Å². The van der Waals surface area contributed by atoms with E-state index in [1.54, 1.807) is 19.9 Å². The Morgan fingerprint density at radius 1 is 1.36 bits per heavy atom. The normalized spacial score (nSPS) is 26.4. The number of fused-ring (bicyclic) bond motifs is 2. The molecule has 2 aliphatic heterocycles. The van der Waals surface area contributed by atoms with Crippen LogP contribution in [0.3, 0.4) is 0 Å². The Balaban J connectivity index is 2.14. The Morgan fingerprint density at radius 2 is 2.08 bits per heavy atom. The number of hydrogen-bond donors (Lipinski definition) is 1. The van der Waals surface area contributed by atoms with Gasteiger partial charge in [0.05, 0.1) is 12.4 Å². The Bertz CT molecular complexity index is 858. The first-order valence-electron chi connectivity index (χ1n) is 8.47. The molecule has 0 aromatic heterocycles. The summed E-state index contributed by atoms with van der Waals surface area (Å²) in [5.41, 5.74) is 6.68. The number of nitrogens with two attached hydrogens (primary N) is 1. The van der Waals surface area contributed by atoms with Crippen LogP contribution in [0.4, 0.5) is 0 Å². The van der Waals surface area contributed by atoms with Gasteiger partial charge >= 0.3 is 0 Å². The zero-order valence-electron chi connectivity index (χ0n) is 14.8. The number of carbonyl (C=O) groups excluding carboxylic acids is 1. The molecular weight excluding hydrogens is 340 g/mol. The molecule has 0 saturated heterocycles. The molecule has 0 unspecified atom stereocenters. The fourth-order valence-electron chi connectivity index (χ4n) is 3.31. The Kier molecular flexibility index (Phi) is 4.18. The highest BCUT2D eigenvalue weighted by atomic mass is 32.2. The van der Waals surface area contributed by atoms with Crippen LogP contribution in [0.25, 0.3) is 0 Å². The molecule has 0 amide bonds. The summed E-state index contributed by atoms with van der Waals surface area (Å²) in [7, 11) is -3.48. The van der Waals surface area contributed by atoms with E-state index in [1.807, 2.05) is 19.1 Å². The van der Waals surface area contributed by atoms with Crippen molar-refractivity contribution in [3.05, 3.63) is 29.3 Å². The predicted molar refractivity (Wildman–Crippen MR) is 96.7 cm³/mol. The highest BCUT2D eigenvalue weighted by molar-refractivity contribution is 7.93. The molecule has 0 radical (unpaired) electrons. The van der Waals surface area contributed by atoms with Crippen molar-refractivity contribution in [1.29, 1.82) is 0 Å². The van der Waals surface area contributed by atoms with E-state index in [4.69, 9.17) is 10.5 Å². The third-order valence-electron chi connectivity index (χ3n) is 5.27. The topological polar surface area (TPSA) is 98.8 Å². The van der Waals surface area contributed by atoms with E-state index in [1.165, 1.54) is 0 Å². The summed E-state index contributed by atoms with van der Waals surface area (Å²) in [5, 5.41) is 0. The molecule has 3 rings (SSSR count). The lowest BCUT2D eigenvalue weighted by molar-refractivity contribution is -0.118. The minimum Gasteiger partial charge on any atom is -0.493 e. The molecule has 2 aliphatic rings. The lowest BCUT2D eigenvalue weighted by Crippen LogP contribution is -2.56. The molecule has 0 fully saturated rings. The summed E-state index contributed by atoms with van der Waals surface area (Å²) < 4.78 is 30.2. The molecule has 0 bridgehead atoms. The van der Waals surface area contributed by atoms with Crippen LogP contribution in [0.1, 0.15) is 44.7 Å². The van der Waals surface area contributed by atoms with Gasteiger partial charge in [-0.1, -0.05) is 13.0 Å². The van der Waals surface area contributed by atoms with Gasteiger partial charge < -0.3 is 10.5 Å². The van der Waals surface area contributed by atoms with Gasteiger partial charge in [-0.05, 0) is 31.5 Å². The first kappa shape index (κ1) is 17.9. The average molecular weight is 364 g/mol. The number of amidine groups is 1. The summed E-state index contributed by atoms with van der Waals surface area (Å²) in [6.45, 7) is 5.38. The van der Waals surface area contributed by atoms with Gasteiger partial charge in [0.2, 0.25) is 0 Å². The van der Waals surface area contributed by atoms with E-state index in [0.29, 0.717) is 37.2 Å². The largest absolute Gasteiger partial charge is 0.493 e. The molecule has 2 heterocycles. The number of ether oxygens (including phenoxy) is 1. The molecule has 25 heavy (non-hydrogen) atoms. The van der Waals surface area contributed by atoms with Crippen LogP contribution >= 0.6 is 0 Å². The van der Waals surface area contributed by atoms with Gasteiger partial charge in [0.25, 0.3) is 0 Å². The van der Waals surface area contributed by atoms with Crippen molar-refractivity contribution in [1.82, 2.24) is 0 Å². The fraction of sp³-hybridized carbons (Fsp3) is 0.556. The summed E-state index contributed by atoms with van der Waals surface area (Å²) in [5.74, 6) is 0.771. The summed E-state index contributed by atoms with van der Waals surface area (Å²) in [6.07, 6.45) is 1.23. The van der Waals surface area contributed by atoms with Gasteiger partial charge in [0.1, 0.15) is 27.7 Å². The zero-order chi connectivity index (χ0) is 18.5. The molecule has 0 saturated carbocycles. The van der Waals surface area contributed by atoms with Crippen LogP contribution in [0.15, 0.2) is 23.2 Å². The van der Waals surface area contributed by atoms with E-state index >= 15 is 0 Å². The van der Waals surface area contributed by atoms with Gasteiger partial charge in [-0.25, -0.2) is 8.42 Å². The van der Waals surface area contributed by atoms with Crippen molar-refractivity contribution < 1.29 is 17.9 Å². The number of hydrogen-bond acceptors (Lipinski definition) is 6. The maximum atomic E-state index is 12.9. The minimum atomic E-state index is -3.48. The zero-order valence-corrected chi connectivity index (χ0v) is 15.6. The Labute approximate surface area is 148 Å². The van der Waals surface area contributed by atoms with Crippen molar-refractivity contribution in [3.63, 3.8) is 0 Å². The second kappa shape index (κ2) is 5.83. The lowest BCUT2D eigenvalue weighted by Gasteiger charge is -2.42. The molecule has 0 aliphatic carbocycles. The molecule has 136 valence electrons. The number of benzene rings is 1. The molecule has 1 aromatic rings. The number of carbonyl (C=O) groups is 1. The van der Waals surface area contributed by atoms with E-state index in [9.17, 15) is 13.2 Å². The molecule has 1 aromatic carbocycles. The van der Waals surface area contributed by atoms with Crippen LogP contribution in [0.2, 0.25) is 0 Å². The summed E-state index contributed by atoms with van der Waals surface area (Å²) in [6, 6.07) is 5.50. The highest BCUT2D eigenvalue weighted by Crippen LogP contribution is 2.45. The lowest BCUT2D eigenvalue weighted by atomic mass is 9.84. The van der Waals surface area contributed by atoms with Gasteiger partial charge in [0, 0.05) is 24.8 Å². The van der Waals surface area contributed by atoms with Crippen LogP contribution in [-0.2, 0) is 26.6 Å². The highest BCUT2D eigenvalue weighted by Gasteiger charge is 2.52. The fourth-order valence-corrected chi connectivity index (χ4v) is 5.03. The maximum absolute atomic E-state index is 12.9. The van der Waals surface area contributed by atoms with Gasteiger partial charge in [-0.2, -0.15) is 0 Å². The number of rotatable bonds is 3. The van der Waals surface area contributed by atoms with E-state index in [-0.39, 0.29) is 17.4 Å². The molecule has 1 spiro atoms. The van der Waals surface area contributed by atoms with Crippen LogP contribution in [-0.4, -0.2) is 37.1 Å². The van der Waals surface area contributed by atoms with E-state index in [2.05, 4.69) is 4.99 Å². The Morgan fingerprint density at radius 3 is 2.72 bits per heavy atom. The standard InChI is InChI=1S/C18H24N2O4S/c1-4-13(21)9-12-5-6-15-14(10-12)18(7-8-24-15)11-25(22,23)17(2,3)16(19)20-18/h5-6,10H,4,7-9,11H2,1-3H3,(H2,19,20)/t18-/m0/s1. The minimum absolute atomic E-state index is 0.102. The summed E-state index contributed by atoms with van der Waals surface area (Å²) in [4.78, 5) is 16.4. The molecule has 2 N–H and O–H groups in total. The molecule has 7 heteroatoms. The van der Waals surface area contributed by atoms with Gasteiger partial charge in [-0.15, -0.1) is 0 Å². The molecule has 1 atom stereocenters. The number of aliphatic imine (C=N–C) groups is 1. The maximum Gasteiger partial charge on any atom is 0.165 e. The molecule has 6 nitrogen and oxygen atoms in total. The third kappa shape index (κ3) is 2.84. The van der Waals surface area contributed by atoms with E-state index < -0.39 is 20.1 Å². The van der Waals surface area contributed by atoms with E-state index in [0.717, 1.165) is 5.56 Å². The van der Waals surface area contributed by atoms with Crippen molar-refractivity contribution in [3.8, 4) is 5.75 Å². The van der Waals surface area contributed by atoms with Crippen LogP contribution in [0, 0.1) is 0 Å². The third-order valence-corrected chi connectivity index (χ3v) is 7.89. The van der Waals surface area contributed by atoms with Gasteiger partial charge in [0.15, 0.2) is 9.84 Å². The average Bonchev–Trinajstić information content (AvgIpc) is 2.53. The van der Waals surface area contributed by atoms with Crippen LogP contribution in [0.5, 0.6) is 5.75 Å². The SMILES string of the molecule is CCC(=O)Cc1ccc2c(c1)[C@]1(CCO2)CS(=O)(=O)C(C)(C)C(N)=N1. The van der Waals surface area contributed by atoms with Crippen molar-refractivity contribution in [2.24, 2.45) is 10.7 Å². The summed E-state index contributed by atoms with van der Waals surface area (Å²) >= 11 is 0. The second-order valence-electron chi connectivity index (χ2n) is 7.30. The Hall–Kier alpha value is -1.89. The van der Waals surface area contributed by atoms with Crippen LogP contribution < -0.4 is 10.5 Å². The quantitative estimate of drug-likeness (QED) is 0.881. The van der Waals surface area contributed by atoms with Gasteiger partial charge in [-0.3, -0.25) is 9.79 Å². The monoisotopic (exact) mass is 364 g/mol. The number of ketones is 1. The predicted octanol–water partition coefficient (Wildman–Crippen LogP) is 1.75. The number of nitrogens with zero attached hydrogens (tertiary/aromatic N) is 1. The van der Waals surface area contributed by atoms with Crippen molar-refractivity contribution in [2.45, 2.75) is 50.3 Å².